The van der Waals surface area contributed by atoms with Gasteiger partial charge in [-0.2, -0.15) is 4.98 Å². The van der Waals surface area contributed by atoms with Crippen LogP contribution in [0.1, 0.15) is 39.0 Å². The second kappa shape index (κ2) is 6.41. The normalized spacial score (nSPS) is 27.9. The number of aromatic nitrogens is 4. The molecule has 1 unspecified atom stereocenters. The summed E-state index contributed by atoms with van der Waals surface area (Å²) in [7, 11) is 1.81. The number of rotatable bonds is 3. The number of nitrogens with zero attached hydrogens (tertiary/aromatic N) is 7. The second-order valence-electron chi connectivity index (χ2n) is 8.94. The van der Waals surface area contributed by atoms with Crippen LogP contribution in [0.3, 0.4) is 0 Å². The van der Waals surface area contributed by atoms with Gasteiger partial charge in [-0.3, -0.25) is 9.36 Å². The van der Waals surface area contributed by atoms with E-state index in [-0.39, 0.29) is 11.8 Å². The molecular formula is C21H25N7O3. The molecule has 31 heavy (non-hydrogen) atoms. The van der Waals surface area contributed by atoms with Crippen molar-refractivity contribution in [3.63, 3.8) is 0 Å². The highest BCUT2D eigenvalue weighted by atomic mass is 16.6. The van der Waals surface area contributed by atoms with E-state index in [2.05, 4.69) is 21.8 Å². The predicted molar refractivity (Wildman–Crippen MR) is 113 cm³/mol. The molecule has 2 aliphatic carbocycles. The molecule has 4 aliphatic rings. The molecular weight excluding hydrogens is 398 g/mol. The number of anilines is 3. The Morgan fingerprint density at radius 2 is 1.97 bits per heavy atom. The number of ether oxygens (including phenoxy) is 1. The van der Waals surface area contributed by atoms with Crippen LogP contribution in [0.5, 0.6) is 0 Å². The van der Waals surface area contributed by atoms with Gasteiger partial charge in [-0.25, -0.2) is 19.7 Å². The van der Waals surface area contributed by atoms with E-state index in [9.17, 15) is 9.59 Å². The number of carbonyl (C=O) groups is 2. The first kappa shape index (κ1) is 18.6. The Morgan fingerprint density at radius 1 is 1.19 bits per heavy atom. The second-order valence-corrected chi connectivity index (χ2v) is 8.94. The van der Waals surface area contributed by atoms with Crippen molar-refractivity contribution in [1.82, 2.24) is 19.5 Å². The molecule has 10 nitrogen and oxygen atoms in total. The lowest BCUT2D eigenvalue weighted by atomic mass is 10.0. The van der Waals surface area contributed by atoms with Crippen molar-refractivity contribution >= 4 is 29.5 Å². The number of hydrogen-bond donors (Lipinski definition) is 0. The molecule has 0 aromatic carbocycles. The molecule has 2 aromatic heterocycles. The van der Waals surface area contributed by atoms with Crippen LogP contribution < -0.4 is 14.7 Å². The summed E-state index contributed by atoms with van der Waals surface area (Å²) in [5.74, 6) is 2.09. The predicted octanol–water partition coefficient (Wildman–Crippen LogP) is 2.12. The van der Waals surface area contributed by atoms with Gasteiger partial charge >= 0.3 is 6.09 Å². The maximum Gasteiger partial charge on any atom is 0.416 e. The van der Waals surface area contributed by atoms with Crippen LogP contribution in [0, 0.1) is 5.92 Å². The van der Waals surface area contributed by atoms with Gasteiger partial charge in [-0.1, -0.05) is 19.8 Å². The quantitative estimate of drug-likeness (QED) is 0.746. The van der Waals surface area contributed by atoms with Crippen molar-refractivity contribution in [1.29, 1.82) is 0 Å². The molecule has 2 amide bonds. The van der Waals surface area contributed by atoms with E-state index in [0.717, 1.165) is 30.8 Å². The zero-order valence-electron chi connectivity index (χ0n) is 17.7. The molecule has 4 heterocycles. The first-order chi connectivity index (χ1) is 15.0. The number of carbonyl (C=O) groups excluding carboxylic acids is 2. The zero-order chi connectivity index (χ0) is 21.3. The zero-order valence-corrected chi connectivity index (χ0v) is 17.7. The van der Waals surface area contributed by atoms with Gasteiger partial charge < -0.3 is 14.5 Å². The average molecular weight is 423 g/mol. The lowest BCUT2D eigenvalue weighted by Gasteiger charge is -2.45. The standard InChI is InChI=1S/C21H25N7O3/c1-13-11-21(13)17(29)25(2)15-12-23-18(24-16(15)28(21)14-5-3-4-6-14)26-8-7-22-19(26)27-9-10-31-20(27)30/h7-8,12-14H,3-6,9-11H2,1-2H3/t13-,21?/m1/s1. The first-order valence-electron chi connectivity index (χ1n) is 10.9. The van der Waals surface area contributed by atoms with E-state index >= 15 is 0 Å². The van der Waals surface area contributed by atoms with Gasteiger partial charge in [0.15, 0.2) is 5.82 Å². The fourth-order valence-electron chi connectivity index (χ4n) is 5.51. The lowest BCUT2D eigenvalue weighted by molar-refractivity contribution is -0.121. The van der Waals surface area contributed by atoms with Crippen molar-refractivity contribution in [2.75, 3.05) is 34.9 Å². The topological polar surface area (TPSA) is 96.7 Å². The van der Waals surface area contributed by atoms with Crippen LogP contribution in [0.4, 0.5) is 22.2 Å². The van der Waals surface area contributed by atoms with E-state index in [1.807, 2.05) is 7.05 Å². The van der Waals surface area contributed by atoms with E-state index < -0.39 is 11.6 Å². The number of fused-ring (bicyclic) bond motifs is 1. The molecule has 10 heteroatoms. The summed E-state index contributed by atoms with van der Waals surface area (Å²) in [6.45, 7) is 2.92. The number of likely N-dealkylation sites (N-methyl/N-ethyl adjacent to an activating group) is 1. The number of hydrogen-bond acceptors (Lipinski definition) is 7. The average Bonchev–Trinajstić information content (AvgIpc) is 3.28. The summed E-state index contributed by atoms with van der Waals surface area (Å²) in [6.07, 6.45) is 9.99. The fourth-order valence-corrected chi connectivity index (χ4v) is 5.51. The molecule has 0 radical (unpaired) electrons. The summed E-state index contributed by atoms with van der Waals surface area (Å²) in [5.41, 5.74) is 0.228. The molecule has 1 saturated heterocycles. The highest BCUT2D eigenvalue weighted by molar-refractivity contribution is 6.09. The van der Waals surface area contributed by atoms with Gasteiger partial charge in [0.2, 0.25) is 11.9 Å². The van der Waals surface area contributed by atoms with Crippen molar-refractivity contribution in [2.24, 2.45) is 5.92 Å². The molecule has 2 aliphatic heterocycles. The third-order valence-corrected chi connectivity index (χ3v) is 7.23. The highest BCUT2D eigenvalue weighted by Crippen LogP contribution is 2.57. The molecule has 1 spiro atoms. The highest BCUT2D eigenvalue weighted by Gasteiger charge is 2.66. The van der Waals surface area contributed by atoms with Gasteiger partial charge in [0.05, 0.1) is 12.7 Å². The summed E-state index contributed by atoms with van der Waals surface area (Å²) in [4.78, 5) is 44.8. The summed E-state index contributed by atoms with van der Waals surface area (Å²) >= 11 is 0. The van der Waals surface area contributed by atoms with Crippen LogP contribution in [0.25, 0.3) is 5.95 Å². The lowest BCUT2D eigenvalue weighted by Crippen LogP contribution is -2.59. The Balaban J connectivity index is 1.48. The van der Waals surface area contributed by atoms with E-state index in [0.29, 0.717) is 31.1 Å². The summed E-state index contributed by atoms with van der Waals surface area (Å²) in [6, 6.07) is 0.305. The summed E-state index contributed by atoms with van der Waals surface area (Å²) in [5, 5.41) is 0. The largest absolute Gasteiger partial charge is 0.447 e. The third-order valence-electron chi connectivity index (χ3n) is 7.23. The summed E-state index contributed by atoms with van der Waals surface area (Å²) < 4.78 is 6.78. The molecule has 162 valence electrons. The molecule has 0 bridgehead atoms. The molecule has 2 atom stereocenters. The minimum atomic E-state index is -0.501. The van der Waals surface area contributed by atoms with Crippen LogP contribution in [-0.4, -0.2) is 63.3 Å². The van der Waals surface area contributed by atoms with Gasteiger partial charge in [0.25, 0.3) is 5.91 Å². The van der Waals surface area contributed by atoms with Gasteiger partial charge in [0, 0.05) is 25.5 Å². The van der Waals surface area contributed by atoms with Crippen LogP contribution >= 0.6 is 0 Å². The fraction of sp³-hybridized carbons (Fsp3) is 0.571. The Morgan fingerprint density at radius 3 is 2.65 bits per heavy atom. The maximum absolute atomic E-state index is 13.4. The minimum Gasteiger partial charge on any atom is -0.447 e. The molecule has 6 rings (SSSR count). The Labute approximate surface area is 179 Å². The van der Waals surface area contributed by atoms with Gasteiger partial charge in [-0.15, -0.1) is 0 Å². The van der Waals surface area contributed by atoms with E-state index in [4.69, 9.17) is 9.72 Å². The SMILES string of the molecule is C[C@@H]1CC12C(=O)N(C)c1cnc(-n3ccnc3N3CCOC3=O)nc1N2C1CCCC1. The Bertz CT molecular complexity index is 1080. The molecule has 3 fully saturated rings. The van der Waals surface area contributed by atoms with E-state index in [1.54, 1.807) is 28.1 Å². The maximum atomic E-state index is 13.4. The first-order valence-corrected chi connectivity index (χ1v) is 10.9. The monoisotopic (exact) mass is 423 g/mol. The molecule has 2 saturated carbocycles. The van der Waals surface area contributed by atoms with Crippen LogP contribution in [0.2, 0.25) is 0 Å². The Hall–Kier alpha value is -3.17. The van der Waals surface area contributed by atoms with E-state index in [1.165, 1.54) is 17.7 Å². The van der Waals surface area contributed by atoms with Crippen molar-refractivity contribution in [3.8, 4) is 5.95 Å². The molecule has 0 N–H and O–H groups in total. The third kappa shape index (κ3) is 2.47. The Kier molecular flexibility index (Phi) is 3.85. The number of amides is 2. The van der Waals surface area contributed by atoms with Crippen molar-refractivity contribution in [2.45, 2.75) is 50.6 Å². The van der Waals surface area contributed by atoms with Crippen molar-refractivity contribution in [3.05, 3.63) is 18.6 Å². The smallest absolute Gasteiger partial charge is 0.416 e. The van der Waals surface area contributed by atoms with Crippen LogP contribution in [0.15, 0.2) is 18.6 Å². The number of cyclic esters (lactones) is 1. The van der Waals surface area contributed by atoms with Gasteiger partial charge in [0.1, 0.15) is 17.8 Å². The minimum absolute atomic E-state index is 0.138. The molecule has 2 aromatic rings. The van der Waals surface area contributed by atoms with Crippen molar-refractivity contribution < 1.29 is 14.3 Å². The number of imidazole rings is 1. The van der Waals surface area contributed by atoms with Crippen LogP contribution in [-0.2, 0) is 9.53 Å². The van der Waals surface area contributed by atoms with Gasteiger partial charge in [-0.05, 0) is 25.2 Å².